The molecule has 3 nitrogen and oxygen atoms in total. The molecule has 0 unspecified atom stereocenters. The summed E-state index contributed by atoms with van der Waals surface area (Å²) in [6.07, 6.45) is 4.50. The number of fused-ring (bicyclic) bond motifs is 2. The highest BCUT2D eigenvalue weighted by atomic mass is 35.5. The van der Waals surface area contributed by atoms with E-state index >= 15 is 0 Å². The molecule has 2 aliphatic carbocycles. The Morgan fingerprint density at radius 3 is 2.05 bits per heavy atom. The van der Waals surface area contributed by atoms with E-state index in [-0.39, 0.29) is 11.1 Å². The molecule has 5 heteroatoms. The molecule has 1 aromatic rings. The quantitative estimate of drug-likeness (QED) is 0.701. The van der Waals surface area contributed by atoms with Crippen molar-refractivity contribution < 1.29 is 14.7 Å². The number of benzene rings is 1. The molecular weight excluding hydrogens is 311 g/mol. The molecule has 0 heterocycles. The maximum atomic E-state index is 12.0. The van der Waals surface area contributed by atoms with Gasteiger partial charge in [0.15, 0.2) is 5.78 Å². The second-order valence-electron chi connectivity index (χ2n) is 4.66. The molecule has 0 fully saturated rings. The maximum absolute atomic E-state index is 12.0. The average molecular weight is 329 g/mol. The number of halogens is 2. The number of carbonyl (C=O) groups is 2. The number of hydrogen-bond donors (Lipinski definition) is 1. The number of allylic oxidation sites excluding steroid dienone is 2. The number of aliphatic carboxylic acids is 1. The highest BCUT2D eigenvalue weighted by molar-refractivity contribution is 6.40. The van der Waals surface area contributed by atoms with Crippen LogP contribution >= 0.6 is 23.2 Å². The van der Waals surface area contributed by atoms with E-state index in [9.17, 15) is 4.79 Å². The Labute approximate surface area is 134 Å². The van der Waals surface area contributed by atoms with Gasteiger partial charge in [0, 0.05) is 18.1 Å². The van der Waals surface area contributed by atoms with Gasteiger partial charge in [-0.05, 0) is 36.8 Å². The summed E-state index contributed by atoms with van der Waals surface area (Å²) in [7, 11) is 0. The molecule has 0 aliphatic heterocycles. The summed E-state index contributed by atoms with van der Waals surface area (Å²) in [5.74, 6) is -0.546. The molecule has 0 bridgehead atoms. The summed E-state index contributed by atoms with van der Waals surface area (Å²) in [6.45, 7) is 1.08. The van der Waals surface area contributed by atoms with Crippen LogP contribution in [0.3, 0.4) is 0 Å². The zero-order valence-electron chi connectivity index (χ0n) is 11.9. The zero-order chi connectivity index (χ0) is 15.8. The number of carbonyl (C=O) groups excluding carboxylic acids is 1. The van der Waals surface area contributed by atoms with Crippen molar-refractivity contribution in [2.75, 3.05) is 5.34 Å². The van der Waals surface area contributed by atoms with Gasteiger partial charge in [-0.25, -0.2) is 0 Å². The Balaban J connectivity index is 0.000000270. The van der Waals surface area contributed by atoms with Crippen LogP contribution in [0, 0.1) is 0 Å². The number of Topliss-reactive ketones (excluding diaryl/α,β-unsaturated/α-hetero) is 1. The van der Waals surface area contributed by atoms with Gasteiger partial charge in [0.1, 0.15) is 0 Å². The minimum Gasteiger partial charge on any atom is -0.481 e. The van der Waals surface area contributed by atoms with Gasteiger partial charge in [-0.2, -0.15) is 0 Å². The van der Waals surface area contributed by atoms with Crippen LogP contribution in [0.4, 0.5) is 0 Å². The molecular formula is C16H18Cl2O3. The molecule has 0 aromatic heterocycles. The minimum atomic E-state index is -0.833. The van der Waals surface area contributed by atoms with Crippen LogP contribution in [0.15, 0.2) is 29.8 Å². The molecule has 0 saturated carbocycles. The lowest BCUT2D eigenvalue weighted by Crippen LogP contribution is -2.01. The van der Waals surface area contributed by atoms with Crippen LogP contribution in [0.1, 0.15) is 48.5 Å². The Kier molecular flexibility index (Phi) is 7.48. The molecule has 114 valence electrons. The van der Waals surface area contributed by atoms with Crippen LogP contribution in [0.5, 0.6) is 0 Å². The maximum Gasteiger partial charge on any atom is 0.300 e. The van der Waals surface area contributed by atoms with Crippen LogP contribution < -0.4 is 0 Å². The summed E-state index contributed by atoms with van der Waals surface area (Å²) in [5.41, 5.74) is 4.56. The first-order valence-electron chi connectivity index (χ1n) is 6.70. The van der Waals surface area contributed by atoms with Crippen molar-refractivity contribution in [2.45, 2.75) is 32.6 Å². The van der Waals surface area contributed by atoms with Crippen LogP contribution in [0.25, 0.3) is 5.57 Å². The van der Waals surface area contributed by atoms with E-state index in [4.69, 9.17) is 33.1 Å². The van der Waals surface area contributed by atoms with Gasteiger partial charge in [0.05, 0.1) is 5.34 Å². The third-order valence-electron chi connectivity index (χ3n) is 3.24. The van der Waals surface area contributed by atoms with Gasteiger partial charge in [0.2, 0.25) is 0 Å². The number of hydrogen-bond acceptors (Lipinski definition) is 2. The third kappa shape index (κ3) is 4.87. The summed E-state index contributed by atoms with van der Waals surface area (Å²) >= 11 is 9.53. The van der Waals surface area contributed by atoms with E-state index in [1.165, 1.54) is 24.0 Å². The topological polar surface area (TPSA) is 54.4 Å². The fourth-order valence-electron chi connectivity index (χ4n) is 2.56. The number of ketones is 1. The fraction of sp³-hybridized carbons (Fsp3) is 0.375. The molecule has 21 heavy (non-hydrogen) atoms. The second-order valence-corrected chi connectivity index (χ2v) is 5.47. The molecule has 1 aromatic carbocycles. The van der Waals surface area contributed by atoms with Gasteiger partial charge in [-0.15, -0.1) is 23.2 Å². The largest absolute Gasteiger partial charge is 0.481 e. The molecule has 0 saturated heterocycles. The lowest BCUT2D eigenvalue weighted by Gasteiger charge is -2.12. The molecule has 0 spiro atoms. The van der Waals surface area contributed by atoms with Crippen molar-refractivity contribution in [3.8, 4) is 0 Å². The Morgan fingerprint density at radius 1 is 1.10 bits per heavy atom. The third-order valence-corrected chi connectivity index (χ3v) is 3.24. The predicted octanol–water partition coefficient (Wildman–Crippen LogP) is 4.72. The number of carboxylic acids is 1. The van der Waals surface area contributed by atoms with Crippen molar-refractivity contribution in [1.29, 1.82) is 0 Å². The van der Waals surface area contributed by atoms with E-state index < -0.39 is 5.97 Å². The van der Waals surface area contributed by atoms with Crippen molar-refractivity contribution in [3.63, 3.8) is 0 Å². The van der Waals surface area contributed by atoms with Gasteiger partial charge >= 0.3 is 0 Å². The molecule has 3 rings (SSSR count). The monoisotopic (exact) mass is 328 g/mol. The minimum absolute atomic E-state index is 0.194. The first kappa shape index (κ1) is 17.7. The number of alkyl halides is 2. The fourth-order valence-corrected chi connectivity index (χ4v) is 2.56. The molecule has 0 amide bonds. The highest BCUT2D eigenvalue weighted by Crippen LogP contribution is 2.40. The van der Waals surface area contributed by atoms with E-state index in [2.05, 4.69) is 6.07 Å². The Bertz CT molecular complexity index is 546. The van der Waals surface area contributed by atoms with E-state index in [1.807, 2.05) is 18.2 Å². The zero-order valence-corrected chi connectivity index (χ0v) is 13.4. The average Bonchev–Trinajstić information content (AvgIpc) is 2.74. The van der Waals surface area contributed by atoms with Crippen LogP contribution in [-0.4, -0.2) is 22.2 Å². The van der Waals surface area contributed by atoms with Gasteiger partial charge < -0.3 is 5.11 Å². The summed E-state index contributed by atoms with van der Waals surface area (Å²) < 4.78 is 0. The lowest BCUT2D eigenvalue weighted by molar-refractivity contribution is -0.134. The number of rotatable bonds is 0. The van der Waals surface area contributed by atoms with Crippen LogP contribution in [-0.2, 0) is 4.79 Å². The summed E-state index contributed by atoms with van der Waals surface area (Å²) in [6, 6.07) is 8.02. The standard InChI is InChI=1S/C13H12O.C2H4O2.CH2Cl2/c14-13-11-7-3-1-5-9(11)10-6-2-4-8-12(10)13;1-2(3)4;2-1-3/h1,3,5,7H,2,4,6,8H2;1H3,(H,3,4);1H2. The molecule has 0 atom stereocenters. The van der Waals surface area contributed by atoms with E-state index in [1.54, 1.807) is 0 Å². The van der Waals surface area contributed by atoms with E-state index in [0.29, 0.717) is 0 Å². The lowest BCUT2D eigenvalue weighted by atomic mass is 9.92. The van der Waals surface area contributed by atoms with Gasteiger partial charge in [0.25, 0.3) is 5.97 Å². The molecule has 2 aliphatic rings. The van der Waals surface area contributed by atoms with Crippen molar-refractivity contribution >= 4 is 40.5 Å². The SMILES string of the molecule is CC(=O)O.ClCCl.O=C1C2=C(CCCC2)c2ccccc21. The highest BCUT2D eigenvalue weighted by Gasteiger charge is 2.29. The summed E-state index contributed by atoms with van der Waals surface area (Å²) in [5, 5.41) is 7.61. The first-order chi connectivity index (χ1) is 10.0. The van der Waals surface area contributed by atoms with Crippen molar-refractivity contribution in [2.24, 2.45) is 0 Å². The molecule has 0 radical (unpaired) electrons. The van der Waals surface area contributed by atoms with E-state index in [0.717, 1.165) is 30.9 Å². The van der Waals surface area contributed by atoms with Crippen LogP contribution in [0.2, 0.25) is 0 Å². The predicted molar refractivity (Wildman–Crippen MR) is 86.0 cm³/mol. The van der Waals surface area contributed by atoms with Gasteiger partial charge in [-0.3, -0.25) is 9.59 Å². The molecule has 1 N–H and O–H groups in total. The second kappa shape index (κ2) is 8.85. The van der Waals surface area contributed by atoms with Crippen molar-refractivity contribution in [3.05, 3.63) is 41.0 Å². The Morgan fingerprint density at radius 2 is 1.52 bits per heavy atom. The summed E-state index contributed by atoms with van der Waals surface area (Å²) in [4.78, 5) is 21.0. The first-order valence-corrected chi connectivity index (χ1v) is 7.77. The van der Waals surface area contributed by atoms with Crippen molar-refractivity contribution in [1.82, 2.24) is 0 Å². The number of carboxylic acid groups (broad SMARTS) is 1. The Hall–Kier alpha value is -1.32. The van der Waals surface area contributed by atoms with Gasteiger partial charge in [-0.1, -0.05) is 24.3 Å². The smallest absolute Gasteiger partial charge is 0.300 e. The normalized spacial score (nSPS) is 15.1.